The molecule has 2 aromatic rings. The van der Waals surface area contributed by atoms with Crippen molar-refractivity contribution in [3.05, 3.63) is 63.9 Å². The van der Waals surface area contributed by atoms with Crippen LogP contribution in [0.5, 0.6) is 5.75 Å². The molecule has 0 atom stereocenters. The van der Waals surface area contributed by atoms with Crippen LogP contribution < -0.4 is 15.4 Å². The van der Waals surface area contributed by atoms with Gasteiger partial charge in [0.05, 0.1) is 6.61 Å². The number of aliphatic imine (C=N–C) groups is 1. The van der Waals surface area contributed by atoms with Crippen LogP contribution in [-0.2, 0) is 24.2 Å². The predicted molar refractivity (Wildman–Crippen MR) is 125 cm³/mol. The van der Waals surface area contributed by atoms with Crippen LogP contribution in [0.1, 0.15) is 23.6 Å². The number of rotatable bonds is 7. The van der Waals surface area contributed by atoms with Gasteiger partial charge in [0.1, 0.15) is 11.6 Å². The van der Waals surface area contributed by atoms with Crippen LogP contribution in [0.2, 0.25) is 5.02 Å². The van der Waals surface area contributed by atoms with Gasteiger partial charge >= 0.3 is 0 Å². The number of hydrogen-bond donors (Lipinski definition) is 2. The molecule has 0 unspecified atom stereocenters. The van der Waals surface area contributed by atoms with Gasteiger partial charge in [-0.25, -0.2) is 4.39 Å². The second-order valence-electron chi connectivity index (χ2n) is 6.48. The first kappa shape index (κ1) is 23.7. The number of nitrogens with zero attached hydrogens (tertiary/aromatic N) is 1. The number of halogens is 3. The molecule has 2 aromatic carbocycles. The molecule has 0 spiro atoms. The number of fused-ring (bicyclic) bond motifs is 1. The second kappa shape index (κ2) is 12.2. The molecule has 5 nitrogen and oxygen atoms in total. The van der Waals surface area contributed by atoms with E-state index in [0.29, 0.717) is 19.6 Å². The third-order valence-electron chi connectivity index (χ3n) is 4.37. The van der Waals surface area contributed by atoms with E-state index in [9.17, 15) is 4.39 Å². The molecule has 0 fully saturated rings. The van der Waals surface area contributed by atoms with Gasteiger partial charge in [0.15, 0.2) is 12.8 Å². The maximum Gasteiger partial charge on any atom is 0.191 e. The van der Waals surface area contributed by atoms with E-state index in [-0.39, 0.29) is 36.6 Å². The molecule has 1 aliphatic heterocycles. The van der Waals surface area contributed by atoms with E-state index in [1.165, 1.54) is 17.7 Å². The van der Waals surface area contributed by atoms with Crippen molar-refractivity contribution in [2.45, 2.75) is 26.4 Å². The van der Waals surface area contributed by atoms with Crippen molar-refractivity contribution in [1.29, 1.82) is 0 Å². The Balaban J connectivity index is 0.00000300. The molecule has 2 N–H and O–H groups in total. The van der Waals surface area contributed by atoms with Crippen LogP contribution in [0, 0.1) is 5.82 Å². The topological polar surface area (TPSA) is 54.9 Å². The minimum atomic E-state index is -0.278. The highest BCUT2D eigenvalue weighted by Crippen LogP contribution is 2.29. The van der Waals surface area contributed by atoms with Gasteiger partial charge in [0.25, 0.3) is 0 Å². The van der Waals surface area contributed by atoms with Crippen LogP contribution >= 0.6 is 35.6 Å². The van der Waals surface area contributed by atoms with Gasteiger partial charge in [-0.05, 0) is 55.2 Å². The highest BCUT2D eigenvalue weighted by Gasteiger charge is 2.16. The molecule has 158 valence electrons. The maximum absolute atomic E-state index is 13.8. The Hall–Kier alpha value is -1.58. The van der Waals surface area contributed by atoms with E-state index < -0.39 is 0 Å². The van der Waals surface area contributed by atoms with Gasteiger partial charge in [-0.1, -0.05) is 23.7 Å². The summed E-state index contributed by atoms with van der Waals surface area (Å²) in [5.74, 6) is 1.19. The van der Waals surface area contributed by atoms with E-state index in [1.54, 1.807) is 0 Å². The summed E-state index contributed by atoms with van der Waals surface area (Å²) in [5.41, 5.74) is 2.77. The summed E-state index contributed by atoms with van der Waals surface area (Å²) in [5, 5.41) is 7.29. The molecule has 0 aromatic heterocycles. The minimum Gasteiger partial charge on any atom is -0.467 e. The molecular formula is C21H26ClFIN3O2. The normalized spacial score (nSPS) is 13.1. The minimum absolute atomic E-state index is 0. The van der Waals surface area contributed by atoms with E-state index in [0.717, 1.165) is 47.4 Å². The summed E-state index contributed by atoms with van der Waals surface area (Å²) in [7, 11) is 0. The standard InChI is InChI=1S/C21H25ClFN3O2.HI/c1-2-24-21(25-9-7-15-3-5-18(22)6-4-15)26-10-8-16-11-19(23)12-17-13-27-14-28-20(16)17;/h3-6,11-12H,2,7-10,13-14H2,1H3,(H2,24,25,26);1H. The number of guanidine groups is 1. The van der Waals surface area contributed by atoms with Crippen LogP contribution in [0.4, 0.5) is 4.39 Å². The van der Waals surface area contributed by atoms with Crippen molar-refractivity contribution >= 4 is 41.5 Å². The molecule has 0 bridgehead atoms. The summed E-state index contributed by atoms with van der Waals surface area (Å²) in [4.78, 5) is 4.60. The van der Waals surface area contributed by atoms with Gasteiger partial charge in [-0.15, -0.1) is 24.0 Å². The van der Waals surface area contributed by atoms with E-state index in [4.69, 9.17) is 21.1 Å². The summed E-state index contributed by atoms with van der Waals surface area (Å²) in [6, 6.07) is 10.8. The zero-order valence-corrected chi connectivity index (χ0v) is 19.4. The lowest BCUT2D eigenvalue weighted by Crippen LogP contribution is -2.38. The molecule has 0 saturated carbocycles. The van der Waals surface area contributed by atoms with Gasteiger partial charge < -0.3 is 20.1 Å². The zero-order valence-electron chi connectivity index (χ0n) is 16.3. The van der Waals surface area contributed by atoms with Gasteiger partial charge in [0.2, 0.25) is 0 Å². The second-order valence-corrected chi connectivity index (χ2v) is 6.91. The first-order valence-corrected chi connectivity index (χ1v) is 9.82. The fraction of sp³-hybridized carbons (Fsp3) is 0.381. The third kappa shape index (κ3) is 7.31. The quantitative estimate of drug-likeness (QED) is 0.317. The van der Waals surface area contributed by atoms with Crippen molar-refractivity contribution in [2.24, 2.45) is 4.99 Å². The molecule has 1 heterocycles. The molecule has 8 heteroatoms. The number of nitrogens with one attached hydrogen (secondary N) is 2. The van der Waals surface area contributed by atoms with Crippen molar-refractivity contribution in [3.63, 3.8) is 0 Å². The maximum atomic E-state index is 13.8. The average molecular weight is 534 g/mol. The van der Waals surface area contributed by atoms with E-state index in [1.807, 2.05) is 31.2 Å². The molecular weight excluding hydrogens is 508 g/mol. The van der Waals surface area contributed by atoms with Crippen molar-refractivity contribution in [2.75, 3.05) is 26.4 Å². The lowest BCUT2D eigenvalue weighted by Gasteiger charge is -2.20. The van der Waals surface area contributed by atoms with Crippen molar-refractivity contribution in [3.8, 4) is 5.75 Å². The van der Waals surface area contributed by atoms with Crippen LogP contribution in [0.15, 0.2) is 41.4 Å². The molecule has 0 saturated heterocycles. The summed E-state index contributed by atoms with van der Waals surface area (Å²) < 4.78 is 24.6. The lowest BCUT2D eigenvalue weighted by molar-refractivity contribution is -0.0172. The Morgan fingerprint density at radius 1 is 1.17 bits per heavy atom. The highest BCUT2D eigenvalue weighted by atomic mass is 127. The van der Waals surface area contributed by atoms with E-state index in [2.05, 4.69) is 15.6 Å². The average Bonchev–Trinajstić information content (AvgIpc) is 2.69. The lowest BCUT2D eigenvalue weighted by atomic mass is 10.1. The van der Waals surface area contributed by atoms with Crippen LogP contribution in [-0.4, -0.2) is 32.4 Å². The smallest absolute Gasteiger partial charge is 0.191 e. The largest absolute Gasteiger partial charge is 0.467 e. The molecule has 3 rings (SSSR count). The zero-order chi connectivity index (χ0) is 19.8. The number of benzene rings is 2. The summed E-state index contributed by atoms with van der Waals surface area (Å²) >= 11 is 5.92. The monoisotopic (exact) mass is 533 g/mol. The predicted octanol–water partition coefficient (Wildman–Crippen LogP) is 4.30. The molecule has 1 aliphatic rings. The fourth-order valence-electron chi connectivity index (χ4n) is 3.05. The van der Waals surface area contributed by atoms with Crippen LogP contribution in [0.25, 0.3) is 0 Å². The number of ether oxygens (including phenoxy) is 2. The van der Waals surface area contributed by atoms with Gasteiger partial charge in [-0.3, -0.25) is 4.99 Å². The van der Waals surface area contributed by atoms with Gasteiger partial charge in [-0.2, -0.15) is 0 Å². The Morgan fingerprint density at radius 2 is 1.97 bits per heavy atom. The Morgan fingerprint density at radius 3 is 2.72 bits per heavy atom. The third-order valence-corrected chi connectivity index (χ3v) is 4.62. The molecule has 29 heavy (non-hydrogen) atoms. The highest BCUT2D eigenvalue weighted by molar-refractivity contribution is 14.0. The molecule has 0 radical (unpaired) electrons. The van der Waals surface area contributed by atoms with Crippen LogP contribution in [0.3, 0.4) is 0 Å². The summed E-state index contributed by atoms with van der Waals surface area (Å²) in [6.45, 7) is 4.64. The molecule has 0 amide bonds. The fourth-order valence-corrected chi connectivity index (χ4v) is 3.17. The number of hydrogen-bond acceptors (Lipinski definition) is 3. The van der Waals surface area contributed by atoms with E-state index >= 15 is 0 Å². The summed E-state index contributed by atoms with van der Waals surface area (Å²) in [6.07, 6.45) is 1.46. The SMILES string of the molecule is CCNC(=NCCc1cc(F)cc2c1OCOC2)NCCc1ccc(Cl)cc1.I. The van der Waals surface area contributed by atoms with Crippen molar-refractivity contribution in [1.82, 2.24) is 10.6 Å². The Labute approximate surface area is 193 Å². The van der Waals surface area contributed by atoms with Crippen molar-refractivity contribution < 1.29 is 13.9 Å². The first-order chi connectivity index (χ1) is 13.7. The van der Waals surface area contributed by atoms with Gasteiger partial charge in [0, 0.05) is 30.2 Å². The molecule has 0 aliphatic carbocycles. The first-order valence-electron chi connectivity index (χ1n) is 9.44. The Bertz CT molecular complexity index is 818. The Kier molecular flexibility index (Phi) is 9.96.